The maximum atomic E-state index is 9.75. The van der Waals surface area contributed by atoms with E-state index in [1.165, 1.54) is 41.3 Å². The molecule has 0 saturated carbocycles. The molecule has 0 radical (unpaired) electrons. The van der Waals surface area contributed by atoms with Crippen LogP contribution in [0.2, 0.25) is 0 Å². The van der Waals surface area contributed by atoms with E-state index in [-0.39, 0.29) is 0 Å². The van der Waals surface area contributed by atoms with Gasteiger partial charge in [0.2, 0.25) is 0 Å². The third-order valence-corrected chi connectivity index (χ3v) is 10.9. The summed E-state index contributed by atoms with van der Waals surface area (Å²) in [7, 11) is -7.75. The van der Waals surface area contributed by atoms with Crippen LogP contribution in [0, 0.1) is 11.8 Å². The van der Waals surface area contributed by atoms with Gasteiger partial charge in [0.25, 0.3) is 0 Å². The fraction of sp³-hybridized carbons (Fsp3) is 0.333. The summed E-state index contributed by atoms with van der Waals surface area (Å²) in [6.45, 7) is 4.13. The maximum absolute atomic E-state index is 9.75. The Morgan fingerprint density at radius 2 is 1.09 bits per heavy atom. The number of rotatable bonds is 8. The number of benzene rings is 3. The van der Waals surface area contributed by atoms with Crippen LogP contribution >= 0.6 is 7.26 Å². The normalized spacial score (nSPS) is 18.3. The van der Waals surface area contributed by atoms with E-state index in [9.17, 15) is 17.3 Å². The van der Waals surface area contributed by atoms with E-state index >= 15 is 0 Å². The van der Waals surface area contributed by atoms with Crippen molar-refractivity contribution in [2.45, 2.75) is 26.2 Å². The largest absolute Gasteiger partial charge is 0.673 e. The van der Waals surface area contributed by atoms with Crippen LogP contribution < -0.4 is 15.9 Å². The standard InChI is InChI=1S/C27H32OP.BF4/c1-2-3-13-23-20-28-21-24(23)22-29(25-14-7-4-8-15-25,26-16-9-5-10-17-26)27-18-11-6-12-19-27;2-1(3,4)5/h4-12,14-19,23-24H,2-3,13,20-22H2,1H3;/q+1;-1. The van der Waals surface area contributed by atoms with Gasteiger partial charge in [-0.1, -0.05) is 74.4 Å². The molecule has 7 heteroatoms. The number of ether oxygens (including phenoxy) is 1. The zero-order valence-electron chi connectivity index (χ0n) is 19.5. The summed E-state index contributed by atoms with van der Waals surface area (Å²) < 4.78 is 45.0. The first-order valence-electron chi connectivity index (χ1n) is 11.8. The van der Waals surface area contributed by atoms with E-state index in [0.717, 1.165) is 13.2 Å². The second-order valence-corrected chi connectivity index (χ2v) is 12.2. The number of hydrogen-bond acceptors (Lipinski definition) is 1. The number of hydrogen-bond donors (Lipinski definition) is 0. The van der Waals surface area contributed by atoms with Gasteiger partial charge in [-0.25, -0.2) is 0 Å². The van der Waals surface area contributed by atoms with Crippen molar-refractivity contribution in [2.24, 2.45) is 11.8 Å². The van der Waals surface area contributed by atoms with Gasteiger partial charge in [-0.05, 0) is 48.7 Å². The molecule has 1 heterocycles. The van der Waals surface area contributed by atoms with Gasteiger partial charge in [-0.2, -0.15) is 0 Å². The molecule has 0 aromatic heterocycles. The Morgan fingerprint density at radius 1 is 0.706 bits per heavy atom. The van der Waals surface area contributed by atoms with Gasteiger partial charge in [0.1, 0.15) is 23.2 Å². The van der Waals surface area contributed by atoms with Crippen LogP contribution in [0.15, 0.2) is 91.0 Å². The number of unbranched alkanes of at least 4 members (excludes halogenated alkanes) is 1. The molecule has 34 heavy (non-hydrogen) atoms. The zero-order valence-corrected chi connectivity index (χ0v) is 20.4. The maximum Gasteiger partial charge on any atom is 0.673 e. The van der Waals surface area contributed by atoms with Gasteiger partial charge < -0.3 is 22.0 Å². The topological polar surface area (TPSA) is 9.23 Å². The van der Waals surface area contributed by atoms with E-state index in [1.54, 1.807) is 0 Å². The molecule has 3 aromatic carbocycles. The Morgan fingerprint density at radius 3 is 1.47 bits per heavy atom. The predicted molar refractivity (Wildman–Crippen MR) is 138 cm³/mol. The van der Waals surface area contributed by atoms with Crippen molar-refractivity contribution >= 4 is 30.4 Å². The Kier molecular flexibility index (Phi) is 9.73. The smallest absolute Gasteiger partial charge is 0.418 e. The van der Waals surface area contributed by atoms with Gasteiger partial charge in [-0.15, -0.1) is 0 Å². The first-order valence-corrected chi connectivity index (χ1v) is 13.8. The summed E-state index contributed by atoms with van der Waals surface area (Å²) in [5.74, 6) is 1.31. The molecule has 1 fully saturated rings. The summed E-state index contributed by atoms with van der Waals surface area (Å²) in [4.78, 5) is 0. The zero-order chi connectivity index (χ0) is 24.4. The highest BCUT2D eigenvalue weighted by Gasteiger charge is 2.49. The van der Waals surface area contributed by atoms with E-state index < -0.39 is 14.5 Å². The molecular formula is C27H32BF4OP. The molecule has 0 bridgehead atoms. The molecule has 2 atom stereocenters. The van der Waals surface area contributed by atoms with Crippen molar-refractivity contribution in [1.29, 1.82) is 0 Å². The van der Waals surface area contributed by atoms with E-state index in [0.29, 0.717) is 11.8 Å². The molecule has 1 aliphatic heterocycles. The Labute approximate surface area is 201 Å². The van der Waals surface area contributed by atoms with Crippen LogP contribution in [0.5, 0.6) is 0 Å². The summed E-state index contributed by atoms with van der Waals surface area (Å²) in [6.07, 6.45) is 5.05. The molecule has 1 aliphatic rings. The lowest BCUT2D eigenvalue weighted by Crippen LogP contribution is -2.37. The van der Waals surface area contributed by atoms with E-state index in [2.05, 4.69) is 97.9 Å². The second-order valence-electron chi connectivity index (χ2n) is 8.69. The van der Waals surface area contributed by atoms with Gasteiger partial charge >= 0.3 is 7.25 Å². The Hall–Kier alpha value is -2.17. The summed E-state index contributed by atoms with van der Waals surface area (Å²) in [5, 5.41) is 4.45. The van der Waals surface area contributed by atoms with Crippen LogP contribution in [0.1, 0.15) is 26.2 Å². The van der Waals surface area contributed by atoms with Crippen LogP contribution in [0.3, 0.4) is 0 Å². The Balaban J connectivity index is 0.000000588. The molecule has 0 spiro atoms. The lowest BCUT2D eigenvalue weighted by atomic mass is 9.92. The van der Waals surface area contributed by atoms with Crippen LogP contribution in [-0.4, -0.2) is 26.6 Å². The third kappa shape index (κ3) is 7.17. The monoisotopic (exact) mass is 490 g/mol. The fourth-order valence-corrected chi connectivity index (χ4v) is 9.47. The highest BCUT2D eigenvalue weighted by molar-refractivity contribution is 7.95. The minimum absolute atomic E-state index is 0.621. The van der Waals surface area contributed by atoms with Crippen molar-refractivity contribution in [3.8, 4) is 0 Å². The third-order valence-electron chi connectivity index (χ3n) is 6.36. The predicted octanol–water partition coefficient (Wildman–Crippen LogP) is 6.73. The Bertz CT molecular complexity index is 868. The first kappa shape index (κ1) is 26.4. The molecule has 0 N–H and O–H groups in total. The summed E-state index contributed by atoms with van der Waals surface area (Å²) in [6, 6.07) is 33.7. The molecule has 0 amide bonds. The van der Waals surface area contributed by atoms with E-state index in [1.807, 2.05) is 0 Å². The van der Waals surface area contributed by atoms with Gasteiger partial charge in [0.05, 0.1) is 12.8 Å². The average molecular weight is 490 g/mol. The lowest BCUT2D eigenvalue weighted by Gasteiger charge is -2.31. The highest BCUT2D eigenvalue weighted by atomic mass is 31.2. The molecule has 0 aliphatic carbocycles. The second kappa shape index (κ2) is 12.5. The van der Waals surface area contributed by atoms with E-state index in [4.69, 9.17) is 4.74 Å². The number of halogens is 4. The molecule has 3 aromatic rings. The quantitative estimate of drug-likeness (QED) is 0.193. The average Bonchev–Trinajstić information content (AvgIpc) is 3.28. The summed E-state index contributed by atoms with van der Waals surface area (Å²) in [5.41, 5.74) is 0. The molecule has 2 unspecified atom stereocenters. The van der Waals surface area contributed by atoms with Gasteiger partial charge in [-0.3, -0.25) is 0 Å². The van der Waals surface area contributed by atoms with Crippen molar-refractivity contribution < 1.29 is 22.0 Å². The van der Waals surface area contributed by atoms with Crippen molar-refractivity contribution in [3.05, 3.63) is 91.0 Å². The SMILES string of the molecule is CCCCC1COCC1C[P+](c1ccccc1)(c1ccccc1)c1ccccc1.F[B-](F)(F)F. The van der Waals surface area contributed by atoms with Crippen LogP contribution in [-0.2, 0) is 4.74 Å². The fourth-order valence-electron chi connectivity index (χ4n) is 4.79. The van der Waals surface area contributed by atoms with Gasteiger partial charge in [0.15, 0.2) is 0 Å². The minimum Gasteiger partial charge on any atom is -0.418 e. The van der Waals surface area contributed by atoms with Crippen LogP contribution in [0.4, 0.5) is 17.3 Å². The van der Waals surface area contributed by atoms with Gasteiger partial charge in [0, 0.05) is 12.5 Å². The molecule has 1 saturated heterocycles. The summed E-state index contributed by atoms with van der Waals surface area (Å²) >= 11 is 0. The van der Waals surface area contributed by atoms with Crippen molar-refractivity contribution in [3.63, 3.8) is 0 Å². The minimum atomic E-state index is -6.00. The first-order chi connectivity index (χ1) is 16.3. The lowest BCUT2D eigenvalue weighted by molar-refractivity contribution is 0.180. The highest BCUT2D eigenvalue weighted by Crippen LogP contribution is 2.58. The molecule has 4 rings (SSSR count). The van der Waals surface area contributed by atoms with Crippen molar-refractivity contribution in [1.82, 2.24) is 0 Å². The van der Waals surface area contributed by atoms with Crippen molar-refractivity contribution in [2.75, 3.05) is 19.4 Å². The molecule has 182 valence electrons. The van der Waals surface area contributed by atoms with Crippen LogP contribution in [0.25, 0.3) is 0 Å². The molecular weight excluding hydrogens is 458 g/mol. The molecule has 1 nitrogen and oxygen atoms in total.